The molecule has 2 aromatic carbocycles. The fourth-order valence-corrected chi connectivity index (χ4v) is 3.76. The van der Waals surface area contributed by atoms with E-state index < -0.39 is 0 Å². The maximum Gasteiger partial charge on any atom is 0.0239 e. The Morgan fingerprint density at radius 1 is 0.895 bits per heavy atom. The first-order valence-electron chi connectivity index (χ1n) is 6.26. The van der Waals surface area contributed by atoms with E-state index in [2.05, 4.69) is 67.5 Å². The van der Waals surface area contributed by atoms with Crippen molar-refractivity contribution in [1.82, 2.24) is 4.90 Å². The van der Waals surface area contributed by atoms with Gasteiger partial charge < -0.3 is 4.90 Å². The number of halogens is 1. The minimum Gasteiger partial charge on any atom is -0.308 e. The minimum absolute atomic E-state index is 0. The van der Waals surface area contributed by atoms with E-state index in [-0.39, 0.29) is 12.4 Å². The first kappa shape index (κ1) is 14.4. The summed E-state index contributed by atoms with van der Waals surface area (Å²) >= 11 is 1.89. The summed E-state index contributed by atoms with van der Waals surface area (Å²) in [7, 11) is 4.29. The van der Waals surface area contributed by atoms with E-state index in [4.69, 9.17) is 0 Å². The second kappa shape index (κ2) is 6.00. The van der Waals surface area contributed by atoms with E-state index in [1.54, 1.807) is 0 Å². The number of hydrogen-bond donors (Lipinski definition) is 0. The summed E-state index contributed by atoms with van der Waals surface area (Å²) in [5.74, 6) is 0.494. The van der Waals surface area contributed by atoms with Crippen molar-refractivity contribution in [2.75, 3.05) is 20.6 Å². The molecule has 0 radical (unpaired) electrons. The lowest BCUT2D eigenvalue weighted by molar-refractivity contribution is 0.388. The average Bonchev–Trinajstić information content (AvgIpc) is 2.38. The molecule has 0 unspecified atom stereocenters. The van der Waals surface area contributed by atoms with Gasteiger partial charge in [-0.25, -0.2) is 0 Å². The van der Waals surface area contributed by atoms with E-state index in [1.165, 1.54) is 20.9 Å². The van der Waals surface area contributed by atoms with Crippen molar-refractivity contribution in [3.05, 3.63) is 59.7 Å². The third-order valence-corrected chi connectivity index (χ3v) is 4.54. The monoisotopic (exact) mass is 291 g/mol. The van der Waals surface area contributed by atoms with Crippen LogP contribution in [-0.2, 0) is 0 Å². The van der Waals surface area contributed by atoms with E-state index >= 15 is 0 Å². The molecule has 0 bridgehead atoms. The van der Waals surface area contributed by atoms with Crippen LogP contribution in [0.1, 0.15) is 17.0 Å². The quantitative estimate of drug-likeness (QED) is 0.813. The maximum atomic E-state index is 2.27. The Morgan fingerprint density at radius 3 is 1.84 bits per heavy atom. The molecular weight excluding hydrogens is 274 g/mol. The largest absolute Gasteiger partial charge is 0.308 e. The van der Waals surface area contributed by atoms with Gasteiger partial charge in [-0.2, -0.15) is 0 Å². The van der Waals surface area contributed by atoms with Crippen molar-refractivity contribution in [1.29, 1.82) is 0 Å². The first-order valence-corrected chi connectivity index (χ1v) is 7.08. The molecule has 1 heterocycles. The van der Waals surface area contributed by atoms with Gasteiger partial charge in [0.1, 0.15) is 0 Å². The zero-order valence-electron chi connectivity index (χ0n) is 11.2. The van der Waals surface area contributed by atoms with Gasteiger partial charge in [-0.1, -0.05) is 48.2 Å². The molecule has 0 aliphatic carbocycles. The molecule has 1 aliphatic heterocycles. The third-order valence-electron chi connectivity index (χ3n) is 3.36. The van der Waals surface area contributed by atoms with E-state index in [0.717, 1.165) is 6.54 Å². The van der Waals surface area contributed by atoms with Gasteiger partial charge in [-0.3, -0.25) is 0 Å². The zero-order valence-corrected chi connectivity index (χ0v) is 12.8. The second-order valence-corrected chi connectivity index (χ2v) is 6.08. The fourth-order valence-electron chi connectivity index (χ4n) is 2.57. The SMILES string of the molecule is CN(C)CC1c2ccccc2Sc2ccccc21.Cl. The molecule has 0 N–H and O–H groups in total. The van der Waals surface area contributed by atoms with Gasteiger partial charge >= 0.3 is 0 Å². The van der Waals surface area contributed by atoms with Crippen LogP contribution in [0.2, 0.25) is 0 Å². The Balaban J connectivity index is 0.00000133. The summed E-state index contributed by atoms with van der Waals surface area (Å²) in [6, 6.07) is 17.6. The van der Waals surface area contributed by atoms with Gasteiger partial charge in [-0.05, 0) is 37.4 Å². The van der Waals surface area contributed by atoms with Crippen LogP contribution in [0.3, 0.4) is 0 Å². The smallest absolute Gasteiger partial charge is 0.0239 e. The highest BCUT2D eigenvalue weighted by Gasteiger charge is 2.25. The van der Waals surface area contributed by atoms with E-state index in [1.807, 2.05) is 11.8 Å². The predicted octanol–water partition coefficient (Wildman–Crippen LogP) is 4.27. The molecule has 0 amide bonds. The second-order valence-electron chi connectivity index (χ2n) is 4.99. The highest BCUT2D eigenvalue weighted by Crippen LogP contribution is 2.45. The van der Waals surface area contributed by atoms with Gasteiger partial charge in [0, 0.05) is 22.3 Å². The molecule has 0 saturated carbocycles. The number of fused-ring (bicyclic) bond motifs is 2. The van der Waals surface area contributed by atoms with Crippen molar-refractivity contribution < 1.29 is 0 Å². The lowest BCUT2D eigenvalue weighted by atomic mass is 9.90. The number of benzene rings is 2. The molecule has 0 spiro atoms. The summed E-state index contributed by atoms with van der Waals surface area (Å²) in [4.78, 5) is 5.08. The van der Waals surface area contributed by atoms with Gasteiger partial charge in [0.2, 0.25) is 0 Å². The molecule has 0 atom stereocenters. The molecular formula is C16H18ClNS. The van der Waals surface area contributed by atoms with E-state index in [0.29, 0.717) is 5.92 Å². The molecule has 0 aromatic heterocycles. The highest BCUT2D eigenvalue weighted by molar-refractivity contribution is 7.99. The molecule has 1 aliphatic rings. The zero-order chi connectivity index (χ0) is 12.5. The molecule has 3 rings (SSSR count). The number of nitrogens with zero attached hydrogens (tertiary/aromatic N) is 1. The van der Waals surface area contributed by atoms with Crippen LogP contribution < -0.4 is 0 Å². The van der Waals surface area contributed by atoms with Crippen molar-refractivity contribution >= 4 is 24.2 Å². The Kier molecular flexibility index (Phi) is 4.56. The van der Waals surface area contributed by atoms with Crippen LogP contribution in [-0.4, -0.2) is 25.5 Å². The lowest BCUT2D eigenvalue weighted by Gasteiger charge is -2.29. The Morgan fingerprint density at radius 2 is 1.37 bits per heavy atom. The Hall–Kier alpha value is -0.960. The first-order chi connectivity index (χ1) is 8.75. The van der Waals surface area contributed by atoms with Gasteiger partial charge in [0.25, 0.3) is 0 Å². The predicted molar refractivity (Wildman–Crippen MR) is 84.7 cm³/mol. The van der Waals surface area contributed by atoms with Crippen LogP contribution in [0.5, 0.6) is 0 Å². The summed E-state index contributed by atoms with van der Waals surface area (Å²) in [6.07, 6.45) is 0. The topological polar surface area (TPSA) is 3.24 Å². The number of rotatable bonds is 2. The van der Waals surface area contributed by atoms with Gasteiger partial charge in [0.15, 0.2) is 0 Å². The van der Waals surface area contributed by atoms with Crippen LogP contribution in [0.25, 0.3) is 0 Å². The molecule has 3 heteroatoms. The van der Waals surface area contributed by atoms with Crippen LogP contribution in [0.15, 0.2) is 58.3 Å². The molecule has 100 valence electrons. The van der Waals surface area contributed by atoms with Gasteiger partial charge in [0.05, 0.1) is 0 Å². The molecule has 1 nitrogen and oxygen atoms in total. The minimum atomic E-state index is 0. The van der Waals surface area contributed by atoms with E-state index in [9.17, 15) is 0 Å². The summed E-state index contributed by atoms with van der Waals surface area (Å²) in [6.45, 7) is 1.06. The standard InChI is InChI=1S/C16H17NS.ClH/c1-17(2)11-14-12-7-3-5-9-15(12)18-16-10-6-4-8-13(14)16;/h3-10,14H,11H2,1-2H3;1H. The van der Waals surface area contributed by atoms with Crippen LogP contribution >= 0.6 is 24.2 Å². The molecule has 19 heavy (non-hydrogen) atoms. The van der Waals surface area contributed by atoms with Crippen LogP contribution in [0, 0.1) is 0 Å². The molecule has 0 fully saturated rings. The Bertz CT molecular complexity index is 523. The fraction of sp³-hybridized carbons (Fsp3) is 0.250. The van der Waals surface area contributed by atoms with Crippen molar-refractivity contribution in [2.24, 2.45) is 0 Å². The maximum absolute atomic E-state index is 2.27. The average molecular weight is 292 g/mol. The van der Waals surface area contributed by atoms with Crippen molar-refractivity contribution in [3.8, 4) is 0 Å². The number of hydrogen-bond acceptors (Lipinski definition) is 2. The summed E-state index contributed by atoms with van der Waals surface area (Å²) < 4.78 is 0. The van der Waals surface area contributed by atoms with Crippen molar-refractivity contribution in [3.63, 3.8) is 0 Å². The highest BCUT2D eigenvalue weighted by atomic mass is 35.5. The number of likely N-dealkylation sites (N-methyl/N-ethyl adjacent to an activating group) is 1. The lowest BCUT2D eigenvalue weighted by Crippen LogP contribution is -2.23. The normalized spacial score (nSPS) is 13.6. The molecule has 2 aromatic rings. The Labute approximate surface area is 125 Å². The summed E-state index contributed by atoms with van der Waals surface area (Å²) in [5, 5.41) is 0. The summed E-state index contributed by atoms with van der Waals surface area (Å²) in [5.41, 5.74) is 2.94. The molecule has 0 saturated heterocycles. The van der Waals surface area contributed by atoms with Crippen LogP contribution in [0.4, 0.5) is 0 Å². The third kappa shape index (κ3) is 2.81. The van der Waals surface area contributed by atoms with Gasteiger partial charge in [-0.15, -0.1) is 12.4 Å². The van der Waals surface area contributed by atoms with Crippen molar-refractivity contribution in [2.45, 2.75) is 15.7 Å².